The van der Waals surface area contributed by atoms with Gasteiger partial charge in [0.1, 0.15) is 6.04 Å². The van der Waals surface area contributed by atoms with Gasteiger partial charge in [0.25, 0.3) is 0 Å². The molecule has 8 nitrogen and oxygen atoms in total. The number of imide groups is 1. The number of nitrogens with one attached hydrogen (secondary N) is 2. The molecule has 1 unspecified atom stereocenters. The number of halogens is 1. The maximum atomic E-state index is 13.9. The van der Waals surface area contributed by atoms with Gasteiger partial charge in [-0.3, -0.25) is 19.3 Å². The molecule has 2 aromatic rings. The van der Waals surface area contributed by atoms with Gasteiger partial charge in [0.2, 0.25) is 17.7 Å². The minimum Gasteiger partial charge on any atom is -0.390 e. The number of amides is 3. The van der Waals surface area contributed by atoms with Crippen LogP contribution in [0.5, 0.6) is 0 Å². The van der Waals surface area contributed by atoms with Gasteiger partial charge in [0, 0.05) is 24.9 Å². The quantitative estimate of drug-likeness (QED) is 0.352. The van der Waals surface area contributed by atoms with E-state index in [0.717, 1.165) is 29.2 Å². The van der Waals surface area contributed by atoms with Crippen molar-refractivity contribution in [3.8, 4) is 0 Å². The predicted octanol–water partition coefficient (Wildman–Crippen LogP) is 2.54. The molecule has 0 aromatic heterocycles. The van der Waals surface area contributed by atoms with E-state index in [1.54, 1.807) is 0 Å². The van der Waals surface area contributed by atoms with Crippen LogP contribution in [0.4, 0.5) is 0 Å². The number of fused-ring (bicyclic) bond motifs is 1. The van der Waals surface area contributed by atoms with E-state index >= 15 is 0 Å². The summed E-state index contributed by atoms with van der Waals surface area (Å²) < 4.78 is 0. The zero-order valence-corrected chi connectivity index (χ0v) is 22.9. The molecule has 1 heterocycles. The van der Waals surface area contributed by atoms with Gasteiger partial charge in [-0.1, -0.05) is 69.7 Å². The van der Waals surface area contributed by atoms with Crippen molar-refractivity contribution >= 4 is 40.9 Å². The molecule has 0 bridgehead atoms. The van der Waals surface area contributed by atoms with Crippen LogP contribution in [0.3, 0.4) is 0 Å². The fourth-order valence-electron chi connectivity index (χ4n) is 4.83. The summed E-state index contributed by atoms with van der Waals surface area (Å²) in [4.78, 5) is 42.4. The lowest BCUT2D eigenvalue weighted by molar-refractivity contribution is -0.158. The topological polar surface area (TPSA) is 125 Å². The monoisotopic (exact) mass is 532 g/mol. The van der Waals surface area contributed by atoms with Crippen LogP contribution in [0.15, 0.2) is 42.5 Å². The van der Waals surface area contributed by atoms with Gasteiger partial charge in [0.05, 0.1) is 12.1 Å². The van der Waals surface area contributed by atoms with Crippen LogP contribution in [-0.4, -0.2) is 65.5 Å². The number of nitrogens with two attached hydrogens (primary N) is 1. The number of hydrogen-bond acceptors (Lipinski definition) is 6. The van der Waals surface area contributed by atoms with Crippen molar-refractivity contribution < 1.29 is 19.5 Å². The van der Waals surface area contributed by atoms with E-state index in [9.17, 15) is 19.5 Å². The Morgan fingerprint density at radius 1 is 1.19 bits per heavy atom. The van der Waals surface area contributed by atoms with E-state index in [1.165, 1.54) is 4.90 Å². The van der Waals surface area contributed by atoms with Crippen LogP contribution in [0, 0.1) is 5.41 Å². The number of aliphatic hydroxyl groups is 1. The summed E-state index contributed by atoms with van der Waals surface area (Å²) in [6.07, 6.45) is 2.06. The van der Waals surface area contributed by atoms with Crippen molar-refractivity contribution in [3.05, 3.63) is 48.0 Å². The lowest BCUT2D eigenvalue weighted by atomic mass is 9.85. The lowest BCUT2D eigenvalue weighted by Gasteiger charge is -2.37. The van der Waals surface area contributed by atoms with Crippen LogP contribution < -0.4 is 16.4 Å². The number of nitrogens with zero attached hydrogens (tertiary/aromatic N) is 1. The molecule has 1 saturated heterocycles. The maximum absolute atomic E-state index is 13.9. The predicted molar refractivity (Wildman–Crippen MR) is 148 cm³/mol. The number of carbonyl (C=O) groups is 3. The van der Waals surface area contributed by atoms with Crippen molar-refractivity contribution in [2.45, 2.75) is 71.1 Å². The molecule has 0 spiro atoms. The van der Waals surface area contributed by atoms with Crippen LogP contribution in [0.1, 0.15) is 52.0 Å². The van der Waals surface area contributed by atoms with Gasteiger partial charge in [-0.2, -0.15) is 0 Å². The molecule has 3 atom stereocenters. The van der Waals surface area contributed by atoms with E-state index in [4.69, 9.17) is 5.73 Å². The van der Waals surface area contributed by atoms with E-state index in [1.807, 2.05) is 63.2 Å². The zero-order chi connectivity index (χ0) is 26.3. The Balaban J connectivity index is 0.00000481. The first-order valence-corrected chi connectivity index (χ1v) is 12.9. The Morgan fingerprint density at radius 3 is 2.51 bits per heavy atom. The van der Waals surface area contributed by atoms with Gasteiger partial charge in [-0.25, -0.2) is 0 Å². The summed E-state index contributed by atoms with van der Waals surface area (Å²) in [5, 5.41) is 17.9. The Labute approximate surface area is 225 Å². The average molecular weight is 533 g/mol. The third-order valence-electron chi connectivity index (χ3n) is 6.91. The standard InChI is InChI=1S/C28H40N4O4.ClH/c1-4-13-28(2,3)27(36)32(26(35)23-10-7-14-30-23)24(25(34)31-18-22(33)17-29)16-19-11-12-20-8-5-6-9-21(20)15-19;/h5-6,8-9,11-12,15,22-24,30,33H,4,7,10,13-14,16-18,29H2,1-3H3,(H,31,34);1H/t22?,23-,24+;/m0./s1. The second kappa shape index (κ2) is 13.9. The molecule has 0 radical (unpaired) electrons. The summed E-state index contributed by atoms with van der Waals surface area (Å²) in [5.74, 6) is -1.21. The largest absolute Gasteiger partial charge is 0.390 e. The number of hydrogen-bond donors (Lipinski definition) is 4. The minimum atomic E-state index is -1.06. The molecular weight excluding hydrogens is 492 g/mol. The fourth-order valence-corrected chi connectivity index (χ4v) is 4.83. The van der Waals surface area contributed by atoms with Crippen molar-refractivity contribution in [3.63, 3.8) is 0 Å². The first-order chi connectivity index (χ1) is 17.2. The molecule has 1 aliphatic heterocycles. The minimum absolute atomic E-state index is 0. The van der Waals surface area contributed by atoms with Crippen LogP contribution in [0.2, 0.25) is 0 Å². The first kappa shape index (κ1) is 30.7. The highest BCUT2D eigenvalue weighted by Crippen LogP contribution is 2.29. The van der Waals surface area contributed by atoms with Gasteiger partial charge in [-0.15, -0.1) is 12.4 Å². The number of benzene rings is 2. The molecular formula is C28H41ClN4O4. The van der Waals surface area contributed by atoms with Crippen molar-refractivity contribution in [2.24, 2.45) is 11.1 Å². The highest BCUT2D eigenvalue weighted by atomic mass is 35.5. The normalized spacial score (nSPS) is 17.1. The molecule has 1 fully saturated rings. The van der Waals surface area contributed by atoms with Gasteiger partial charge < -0.3 is 21.5 Å². The van der Waals surface area contributed by atoms with Crippen molar-refractivity contribution in [1.82, 2.24) is 15.5 Å². The van der Waals surface area contributed by atoms with Crippen LogP contribution in [-0.2, 0) is 20.8 Å². The van der Waals surface area contributed by atoms with Gasteiger partial charge in [0.15, 0.2) is 0 Å². The van der Waals surface area contributed by atoms with Crippen LogP contribution >= 0.6 is 12.4 Å². The van der Waals surface area contributed by atoms with Crippen LogP contribution in [0.25, 0.3) is 10.8 Å². The Kier molecular flexibility index (Phi) is 11.5. The summed E-state index contributed by atoms with van der Waals surface area (Å²) in [7, 11) is 0. The van der Waals surface area contributed by atoms with Gasteiger partial charge in [-0.05, 0) is 42.1 Å². The molecule has 0 aliphatic carbocycles. The highest BCUT2D eigenvalue weighted by Gasteiger charge is 2.43. The maximum Gasteiger partial charge on any atom is 0.247 e. The SMILES string of the molecule is CCCC(C)(C)C(=O)N(C(=O)[C@@H]1CCCN1)[C@H](Cc1ccc2ccccc2c1)C(=O)NCC(O)CN.Cl. The summed E-state index contributed by atoms with van der Waals surface area (Å²) in [5.41, 5.74) is 5.53. The smallest absolute Gasteiger partial charge is 0.247 e. The van der Waals surface area contributed by atoms with Gasteiger partial charge >= 0.3 is 0 Å². The van der Waals surface area contributed by atoms with E-state index in [0.29, 0.717) is 19.4 Å². The molecule has 5 N–H and O–H groups in total. The average Bonchev–Trinajstić information content (AvgIpc) is 3.41. The molecule has 37 heavy (non-hydrogen) atoms. The third-order valence-corrected chi connectivity index (χ3v) is 6.91. The molecule has 204 valence electrons. The molecule has 9 heteroatoms. The summed E-state index contributed by atoms with van der Waals surface area (Å²) in [6.45, 7) is 6.27. The molecule has 2 aromatic carbocycles. The third kappa shape index (κ3) is 7.74. The molecule has 3 amide bonds. The second-order valence-electron chi connectivity index (χ2n) is 10.3. The summed E-state index contributed by atoms with van der Waals surface area (Å²) >= 11 is 0. The highest BCUT2D eigenvalue weighted by molar-refractivity contribution is 6.04. The van der Waals surface area contributed by atoms with Crippen molar-refractivity contribution in [1.29, 1.82) is 0 Å². The molecule has 0 saturated carbocycles. The number of rotatable bonds is 11. The first-order valence-electron chi connectivity index (χ1n) is 12.9. The number of aliphatic hydroxyl groups excluding tert-OH is 1. The van der Waals surface area contributed by atoms with E-state index < -0.39 is 29.5 Å². The second-order valence-corrected chi connectivity index (χ2v) is 10.3. The fraction of sp³-hybridized carbons (Fsp3) is 0.536. The summed E-state index contributed by atoms with van der Waals surface area (Å²) in [6, 6.07) is 12.2. The molecule has 3 rings (SSSR count). The van der Waals surface area contributed by atoms with E-state index in [2.05, 4.69) is 10.6 Å². The molecule has 1 aliphatic rings. The van der Waals surface area contributed by atoms with Crippen molar-refractivity contribution in [2.75, 3.05) is 19.6 Å². The van der Waals surface area contributed by atoms with E-state index in [-0.39, 0.29) is 43.7 Å². The lowest BCUT2D eigenvalue weighted by Crippen LogP contribution is -2.60. The Bertz CT molecular complexity index is 1070. The Morgan fingerprint density at radius 2 is 1.89 bits per heavy atom. The zero-order valence-electron chi connectivity index (χ0n) is 22.0. The Hall–Kier alpha value is -2.52. The number of carbonyl (C=O) groups excluding carboxylic acids is 3.